The number of likely N-dealkylation sites (tertiary alicyclic amines) is 1. The van der Waals surface area contributed by atoms with Gasteiger partial charge in [-0.2, -0.15) is 0 Å². The van der Waals surface area contributed by atoms with Crippen LogP contribution in [0.2, 0.25) is 0 Å². The van der Waals surface area contributed by atoms with Gasteiger partial charge in [-0.25, -0.2) is 0 Å². The van der Waals surface area contributed by atoms with Crippen molar-refractivity contribution in [2.45, 2.75) is 12.8 Å². The summed E-state index contributed by atoms with van der Waals surface area (Å²) in [6.45, 7) is 1.74. The molecule has 1 heterocycles. The van der Waals surface area contributed by atoms with E-state index in [0.29, 0.717) is 42.9 Å². The smallest absolute Gasteiger partial charge is 0.254 e. The summed E-state index contributed by atoms with van der Waals surface area (Å²) in [6, 6.07) is 15.8. The normalized spacial score (nSPS) is 15.9. The molecule has 1 atom stereocenters. The van der Waals surface area contributed by atoms with Gasteiger partial charge in [0, 0.05) is 37.3 Å². The molecule has 154 valence electrons. The van der Waals surface area contributed by atoms with Gasteiger partial charge < -0.3 is 16.0 Å². The van der Waals surface area contributed by atoms with Crippen LogP contribution in [0.15, 0.2) is 54.6 Å². The van der Waals surface area contributed by atoms with Gasteiger partial charge in [0.1, 0.15) is 0 Å². The summed E-state index contributed by atoms with van der Waals surface area (Å²) in [6.07, 6.45) is 1.49. The number of hydrogen-bond acceptors (Lipinski definition) is 4. The van der Waals surface area contributed by atoms with Gasteiger partial charge in [-0.15, -0.1) is 12.4 Å². The van der Waals surface area contributed by atoms with Gasteiger partial charge in [-0.1, -0.05) is 48.5 Å². The van der Waals surface area contributed by atoms with Gasteiger partial charge in [-0.05, 0) is 18.9 Å². The van der Waals surface area contributed by atoms with Crippen LogP contribution in [-0.4, -0.2) is 48.7 Å². The van der Waals surface area contributed by atoms with Crippen molar-refractivity contribution < 1.29 is 14.4 Å². The molecule has 0 saturated carbocycles. The number of benzene rings is 2. The van der Waals surface area contributed by atoms with Crippen molar-refractivity contribution in [1.82, 2.24) is 10.2 Å². The Kier molecular flexibility index (Phi) is 8.36. The van der Waals surface area contributed by atoms with Crippen molar-refractivity contribution in [3.63, 3.8) is 0 Å². The molecule has 0 aromatic heterocycles. The van der Waals surface area contributed by atoms with Crippen LogP contribution in [0.4, 0.5) is 0 Å². The number of carbonyl (C=O) groups excluding carboxylic acids is 3. The van der Waals surface area contributed by atoms with Gasteiger partial charge in [-0.3, -0.25) is 14.4 Å². The molecular weight excluding hydrogens is 390 g/mol. The van der Waals surface area contributed by atoms with E-state index < -0.39 is 0 Å². The van der Waals surface area contributed by atoms with Crippen LogP contribution in [0.5, 0.6) is 0 Å². The highest BCUT2D eigenvalue weighted by Gasteiger charge is 2.30. The molecule has 3 N–H and O–H groups in total. The number of halogens is 1. The number of amides is 2. The summed E-state index contributed by atoms with van der Waals surface area (Å²) in [5, 5.41) is 2.80. The van der Waals surface area contributed by atoms with Gasteiger partial charge in [0.25, 0.3) is 5.91 Å². The van der Waals surface area contributed by atoms with E-state index in [9.17, 15) is 14.4 Å². The number of rotatable bonds is 6. The third-order valence-corrected chi connectivity index (χ3v) is 4.96. The SMILES string of the molecule is Cl.NCCNC(=O)C1CCCN(C(=O)c2ccccc2C(=O)c2ccccc2)C1. The first-order chi connectivity index (χ1) is 13.6. The van der Waals surface area contributed by atoms with E-state index in [4.69, 9.17) is 5.73 Å². The third-order valence-electron chi connectivity index (χ3n) is 4.96. The van der Waals surface area contributed by atoms with E-state index in [1.54, 1.807) is 53.4 Å². The Bertz CT molecular complexity index is 857. The molecule has 7 heteroatoms. The third kappa shape index (κ3) is 5.43. The maximum atomic E-state index is 13.2. The fraction of sp³-hybridized carbons (Fsp3) is 0.318. The lowest BCUT2D eigenvalue weighted by atomic mass is 9.94. The number of nitrogens with two attached hydrogens (primary N) is 1. The summed E-state index contributed by atoms with van der Waals surface area (Å²) in [5.74, 6) is -0.715. The predicted octanol–water partition coefficient (Wildman–Crippen LogP) is 2.27. The Labute approximate surface area is 176 Å². The highest BCUT2D eigenvalue weighted by molar-refractivity contribution is 6.15. The Hall–Kier alpha value is -2.70. The van der Waals surface area contributed by atoms with Crippen LogP contribution in [0.3, 0.4) is 0 Å². The van der Waals surface area contributed by atoms with E-state index >= 15 is 0 Å². The first-order valence-electron chi connectivity index (χ1n) is 9.57. The number of hydrogen-bond donors (Lipinski definition) is 2. The lowest BCUT2D eigenvalue weighted by Crippen LogP contribution is -2.46. The molecule has 29 heavy (non-hydrogen) atoms. The molecule has 0 radical (unpaired) electrons. The van der Waals surface area contributed by atoms with Crippen LogP contribution < -0.4 is 11.1 Å². The highest BCUT2D eigenvalue weighted by Crippen LogP contribution is 2.22. The molecule has 2 aromatic rings. The number of carbonyl (C=O) groups is 3. The van der Waals surface area contributed by atoms with Gasteiger partial charge >= 0.3 is 0 Å². The van der Waals surface area contributed by atoms with Crippen molar-refractivity contribution in [3.05, 3.63) is 71.3 Å². The second-order valence-corrected chi connectivity index (χ2v) is 6.91. The zero-order valence-corrected chi connectivity index (χ0v) is 17.0. The van der Waals surface area contributed by atoms with E-state index in [1.165, 1.54) is 0 Å². The monoisotopic (exact) mass is 415 g/mol. The van der Waals surface area contributed by atoms with Crippen LogP contribution in [0, 0.1) is 5.92 Å². The number of nitrogens with one attached hydrogen (secondary N) is 1. The maximum Gasteiger partial charge on any atom is 0.254 e. The van der Waals surface area contributed by atoms with Crippen molar-refractivity contribution in [2.75, 3.05) is 26.2 Å². The molecular formula is C22H26ClN3O3. The van der Waals surface area contributed by atoms with E-state index in [-0.39, 0.29) is 35.9 Å². The molecule has 1 aliphatic heterocycles. The molecule has 0 spiro atoms. The predicted molar refractivity (Wildman–Crippen MR) is 114 cm³/mol. The average Bonchev–Trinajstić information content (AvgIpc) is 2.77. The molecule has 0 bridgehead atoms. The summed E-state index contributed by atoms with van der Waals surface area (Å²) in [5.41, 5.74) is 6.74. The van der Waals surface area contributed by atoms with Gasteiger partial charge in [0.2, 0.25) is 5.91 Å². The van der Waals surface area contributed by atoms with Crippen LogP contribution in [0.1, 0.15) is 39.1 Å². The van der Waals surface area contributed by atoms with Crippen molar-refractivity contribution in [1.29, 1.82) is 0 Å². The Morgan fingerprint density at radius 3 is 2.34 bits per heavy atom. The van der Waals surface area contributed by atoms with Crippen LogP contribution in [0.25, 0.3) is 0 Å². The Balaban J connectivity index is 0.00000300. The molecule has 1 aliphatic rings. The first kappa shape index (κ1) is 22.6. The van der Waals surface area contributed by atoms with Crippen LogP contribution >= 0.6 is 12.4 Å². The average molecular weight is 416 g/mol. The maximum absolute atomic E-state index is 13.2. The van der Waals surface area contributed by atoms with E-state index in [2.05, 4.69) is 5.32 Å². The number of piperidine rings is 1. The number of nitrogens with zero attached hydrogens (tertiary/aromatic N) is 1. The minimum absolute atomic E-state index is 0. The quantitative estimate of drug-likeness (QED) is 0.708. The summed E-state index contributed by atoms with van der Waals surface area (Å²) >= 11 is 0. The molecule has 0 aliphatic carbocycles. The molecule has 1 unspecified atom stereocenters. The van der Waals surface area contributed by atoms with Crippen molar-refractivity contribution in [3.8, 4) is 0 Å². The first-order valence-corrected chi connectivity index (χ1v) is 9.57. The molecule has 1 saturated heterocycles. The zero-order valence-electron chi connectivity index (χ0n) is 16.2. The second kappa shape index (κ2) is 10.7. The van der Waals surface area contributed by atoms with Gasteiger partial charge in [0.05, 0.1) is 11.5 Å². The topological polar surface area (TPSA) is 92.5 Å². The molecule has 3 rings (SSSR count). The fourth-order valence-electron chi connectivity index (χ4n) is 3.50. The number of ketones is 1. The molecule has 2 amide bonds. The van der Waals surface area contributed by atoms with Crippen LogP contribution in [-0.2, 0) is 4.79 Å². The summed E-state index contributed by atoms with van der Waals surface area (Å²) < 4.78 is 0. The Morgan fingerprint density at radius 2 is 1.66 bits per heavy atom. The zero-order chi connectivity index (χ0) is 19.9. The molecule has 2 aromatic carbocycles. The summed E-state index contributed by atoms with van der Waals surface area (Å²) in [7, 11) is 0. The largest absolute Gasteiger partial charge is 0.355 e. The van der Waals surface area contributed by atoms with E-state index in [0.717, 1.165) is 12.8 Å². The minimum Gasteiger partial charge on any atom is -0.355 e. The lowest BCUT2D eigenvalue weighted by molar-refractivity contribution is -0.126. The molecule has 6 nitrogen and oxygen atoms in total. The second-order valence-electron chi connectivity index (χ2n) is 6.91. The van der Waals surface area contributed by atoms with Crippen molar-refractivity contribution >= 4 is 30.0 Å². The highest BCUT2D eigenvalue weighted by atomic mass is 35.5. The molecule has 1 fully saturated rings. The minimum atomic E-state index is -0.249. The fourth-order valence-corrected chi connectivity index (χ4v) is 3.50. The summed E-state index contributed by atoms with van der Waals surface area (Å²) in [4.78, 5) is 40.0. The van der Waals surface area contributed by atoms with Gasteiger partial charge in [0.15, 0.2) is 5.78 Å². The van der Waals surface area contributed by atoms with E-state index in [1.807, 2.05) is 6.07 Å². The standard InChI is InChI=1S/C22H25N3O3.ClH/c23-12-13-24-21(27)17-9-6-14-25(15-17)22(28)19-11-5-4-10-18(19)20(26)16-7-2-1-3-8-16;/h1-5,7-8,10-11,17H,6,9,12-15,23H2,(H,24,27);1H. The Morgan fingerprint density at radius 1 is 1.00 bits per heavy atom. The lowest BCUT2D eigenvalue weighted by Gasteiger charge is -2.32. The van der Waals surface area contributed by atoms with Crippen molar-refractivity contribution in [2.24, 2.45) is 11.7 Å².